The van der Waals surface area contributed by atoms with E-state index >= 15 is 0 Å². The van der Waals surface area contributed by atoms with Crippen molar-refractivity contribution in [2.45, 2.75) is 72.5 Å². The number of ketones is 4. The molecule has 0 saturated heterocycles. The number of allylic oxidation sites excluding steroid dienone is 1. The minimum absolute atomic E-state index is 0.0867. The number of rotatable bonds is 1. The molecular weight excluding hydrogens is 440 g/mol. The number of Topliss-reactive ketones (excluding diaryl/α,β-unsaturated/α-hetero) is 4. The van der Waals surface area contributed by atoms with Crippen LogP contribution >= 0.6 is 0 Å². The second-order valence-electron chi connectivity index (χ2n) is 12.1. The first-order chi connectivity index (χ1) is 15.4. The third kappa shape index (κ3) is 2.13. The highest BCUT2D eigenvalue weighted by Crippen LogP contribution is 2.77. The Kier molecular flexibility index (Phi) is 4.78. The monoisotopic (exact) mass is 474 g/mol. The van der Waals surface area contributed by atoms with Crippen molar-refractivity contribution < 1.29 is 38.9 Å². The zero-order chi connectivity index (χ0) is 26.0. The van der Waals surface area contributed by atoms with E-state index in [1.165, 1.54) is 13.8 Å². The number of methoxy groups -OCH3 is 1. The lowest BCUT2D eigenvalue weighted by atomic mass is 9.31. The minimum atomic E-state index is -2.54. The molecule has 0 aromatic rings. The Morgan fingerprint density at radius 1 is 1.03 bits per heavy atom. The van der Waals surface area contributed by atoms with E-state index in [2.05, 4.69) is 6.58 Å². The Morgan fingerprint density at radius 2 is 1.59 bits per heavy atom. The molecule has 0 aliphatic heterocycles. The first-order valence-electron chi connectivity index (χ1n) is 11.7. The van der Waals surface area contributed by atoms with Crippen LogP contribution in [0.2, 0.25) is 0 Å². The number of aliphatic hydroxyl groups excluding tert-OH is 1. The third-order valence-corrected chi connectivity index (χ3v) is 10.5. The fraction of sp³-hybridized carbons (Fsp3) is 0.731. The Labute approximate surface area is 199 Å². The van der Waals surface area contributed by atoms with Crippen LogP contribution in [0.1, 0.15) is 60.8 Å². The van der Waals surface area contributed by atoms with Gasteiger partial charge in [0.2, 0.25) is 0 Å². The molecule has 4 aliphatic carbocycles. The van der Waals surface area contributed by atoms with Gasteiger partial charge in [-0.3, -0.25) is 24.0 Å². The Morgan fingerprint density at radius 3 is 2.12 bits per heavy atom. The van der Waals surface area contributed by atoms with Gasteiger partial charge in [-0.2, -0.15) is 0 Å². The number of hydrogen-bond acceptors (Lipinski definition) is 8. The topological polar surface area (TPSA) is 135 Å². The fourth-order valence-corrected chi connectivity index (χ4v) is 8.81. The summed E-state index contributed by atoms with van der Waals surface area (Å²) in [5.41, 5.74) is -10.3. The molecule has 8 heteroatoms. The van der Waals surface area contributed by atoms with E-state index in [1.54, 1.807) is 13.8 Å². The molecule has 0 aromatic carbocycles. The lowest BCUT2D eigenvalue weighted by molar-refractivity contribution is -0.237. The van der Waals surface area contributed by atoms with Gasteiger partial charge < -0.3 is 14.9 Å². The quantitative estimate of drug-likeness (QED) is 0.332. The van der Waals surface area contributed by atoms with Crippen LogP contribution in [-0.4, -0.2) is 58.1 Å². The number of fused-ring (bicyclic) bond motifs is 5. The summed E-state index contributed by atoms with van der Waals surface area (Å²) in [7, 11) is 1.07. The molecule has 4 saturated carbocycles. The van der Waals surface area contributed by atoms with Crippen LogP contribution < -0.4 is 0 Å². The third-order valence-electron chi connectivity index (χ3n) is 10.5. The molecule has 34 heavy (non-hydrogen) atoms. The number of esters is 1. The Hall–Kier alpha value is -2.19. The van der Waals surface area contributed by atoms with Gasteiger partial charge in [0.15, 0.2) is 28.4 Å². The van der Waals surface area contributed by atoms with Crippen LogP contribution in [0, 0.1) is 38.9 Å². The van der Waals surface area contributed by atoms with E-state index in [4.69, 9.17) is 4.74 Å². The maximum Gasteiger partial charge on any atom is 0.321 e. The average molecular weight is 475 g/mol. The molecule has 2 N–H and O–H groups in total. The van der Waals surface area contributed by atoms with Crippen molar-refractivity contribution in [2.24, 2.45) is 38.9 Å². The second kappa shape index (κ2) is 6.52. The van der Waals surface area contributed by atoms with Crippen LogP contribution in [0.5, 0.6) is 0 Å². The number of ether oxygens (including phenoxy) is 1. The molecule has 4 rings (SSSR count). The fourth-order valence-electron chi connectivity index (χ4n) is 8.81. The van der Waals surface area contributed by atoms with E-state index < -0.39 is 73.9 Å². The molecule has 0 heterocycles. The van der Waals surface area contributed by atoms with Crippen molar-refractivity contribution in [1.82, 2.24) is 0 Å². The maximum atomic E-state index is 14.0. The number of aliphatic hydroxyl groups is 2. The zero-order valence-corrected chi connectivity index (χ0v) is 20.9. The SMILES string of the molecule is C=C1C[C@H]2[C@]3(C)CCC(=O)C(C)(C)[C@H]3C(=O)[C@@H](O)[C@]2(C)[C@]2(C(=O)OC)C(=O)[C@@](C)(O)C(=O)[C@]12C. The highest BCUT2D eigenvalue weighted by molar-refractivity contribution is 6.30. The number of carbonyl (C=O) groups excluding carboxylic acids is 5. The molecule has 8 nitrogen and oxygen atoms in total. The van der Waals surface area contributed by atoms with Crippen molar-refractivity contribution >= 4 is 29.1 Å². The summed E-state index contributed by atoms with van der Waals surface area (Å²) in [6.45, 7) is 13.3. The van der Waals surface area contributed by atoms with E-state index in [0.29, 0.717) is 6.42 Å². The number of hydrogen-bond donors (Lipinski definition) is 2. The van der Waals surface area contributed by atoms with Gasteiger partial charge in [0.25, 0.3) is 0 Å². The molecule has 0 bridgehead atoms. The van der Waals surface area contributed by atoms with Crippen molar-refractivity contribution in [1.29, 1.82) is 0 Å². The standard InChI is InChI=1S/C26H34O8/c1-12-11-13-22(4)10-9-14(27)21(2,3)16(22)15(28)17(29)24(13,6)26(20(32)34-8)19(31)25(7,33)18(30)23(12,26)5/h13,16-17,29,33H,1,9-11H2,2-8H3/t13-,16+,17+,22-,23-,24+,25-,26-/m0/s1. The normalized spacial score (nSPS) is 49.9. The van der Waals surface area contributed by atoms with Crippen molar-refractivity contribution in [2.75, 3.05) is 7.11 Å². The lowest BCUT2D eigenvalue weighted by Gasteiger charge is -2.69. The number of carbonyl (C=O) groups is 5. The molecule has 0 radical (unpaired) electrons. The molecule has 4 aliphatic rings. The molecule has 0 unspecified atom stereocenters. The molecule has 0 spiro atoms. The lowest BCUT2D eigenvalue weighted by Crippen LogP contribution is -2.77. The van der Waals surface area contributed by atoms with E-state index in [9.17, 15) is 34.2 Å². The van der Waals surface area contributed by atoms with Gasteiger partial charge in [-0.15, -0.1) is 0 Å². The van der Waals surface area contributed by atoms with Crippen LogP contribution in [0.15, 0.2) is 12.2 Å². The molecule has 0 aromatic heterocycles. The molecule has 8 atom stereocenters. The molecular formula is C26H34O8. The van der Waals surface area contributed by atoms with Crippen molar-refractivity contribution in [3.8, 4) is 0 Å². The maximum absolute atomic E-state index is 14.0. The molecule has 186 valence electrons. The van der Waals surface area contributed by atoms with Gasteiger partial charge >= 0.3 is 5.97 Å². The van der Waals surface area contributed by atoms with Gasteiger partial charge in [-0.25, -0.2) is 0 Å². The van der Waals surface area contributed by atoms with Gasteiger partial charge in [0.05, 0.1) is 12.5 Å². The highest BCUT2D eigenvalue weighted by atomic mass is 16.5. The summed E-state index contributed by atoms with van der Waals surface area (Å²) in [5, 5.41) is 22.8. The summed E-state index contributed by atoms with van der Waals surface area (Å²) in [6, 6.07) is 0. The summed E-state index contributed by atoms with van der Waals surface area (Å²) >= 11 is 0. The minimum Gasteiger partial charge on any atom is -0.468 e. The van der Waals surface area contributed by atoms with E-state index in [1.807, 2.05) is 6.92 Å². The van der Waals surface area contributed by atoms with E-state index in [-0.39, 0.29) is 24.2 Å². The average Bonchev–Trinajstić information content (AvgIpc) is 2.88. The van der Waals surface area contributed by atoms with Gasteiger partial charge in [-0.1, -0.05) is 39.8 Å². The predicted octanol–water partition coefficient (Wildman–Crippen LogP) is 1.59. The first-order valence-corrected chi connectivity index (χ1v) is 11.7. The Bertz CT molecular complexity index is 1080. The summed E-state index contributed by atoms with van der Waals surface area (Å²) in [5.74, 6) is -5.32. The van der Waals surface area contributed by atoms with Crippen LogP contribution in [0.3, 0.4) is 0 Å². The largest absolute Gasteiger partial charge is 0.468 e. The van der Waals surface area contributed by atoms with Gasteiger partial charge in [-0.05, 0) is 38.0 Å². The van der Waals surface area contributed by atoms with Crippen LogP contribution in [-0.2, 0) is 28.7 Å². The van der Waals surface area contributed by atoms with Crippen LogP contribution in [0.25, 0.3) is 0 Å². The summed E-state index contributed by atoms with van der Waals surface area (Å²) in [4.78, 5) is 68.1. The smallest absolute Gasteiger partial charge is 0.321 e. The first kappa shape index (κ1) is 24.9. The molecule has 4 fully saturated rings. The van der Waals surface area contributed by atoms with E-state index in [0.717, 1.165) is 14.0 Å². The summed E-state index contributed by atoms with van der Waals surface area (Å²) < 4.78 is 5.10. The van der Waals surface area contributed by atoms with Crippen LogP contribution in [0.4, 0.5) is 0 Å². The second-order valence-corrected chi connectivity index (χ2v) is 12.1. The highest BCUT2D eigenvalue weighted by Gasteiger charge is 2.88. The Balaban J connectivity index is 2.13. The van der Waals surface area contributed by atoms with Gasteiger partial charge in [0.1, 0.15) is 11.9 Å². The summed E-state index contributed by atoms with van der Waals surface area (Å²) in [6.07, 6.45) is -1.19. The van der Waals surface area contributed by atoms with Crippen molar-refractivity contribution in [3.05, 3.63) is 12.2 Å². The van der Waals surface area contributed by atoms with Crippen molar-refractivity contribution in [3.63, 3.8) is 0 Å². The van der Waals surface area contributed by atoms with Gasteiger partial charge in [0, 0.05) is 23.2 Å². The molecule has 0 amide bonds. The zero-order valence-electron chi connectivity index (χ0n) is 20.9. The predicted molar refractivity (Wildman–Crippen MR) is 119 cm³/mol.